The van der Waals surface area contributed by atoms with Gasteiger partial charge in [0.15, 0.2) is 0 Å². The van der Waals surface area contributed by atoms with Crippen molar-refractivity contribution in [2.45, 2.75) is 19.4 Å². The second-order valence-corrected chi connectivity index (χ2v) is 1.60. The Bertz CT molecular complexity index is 154. The van der Waals surface area contributed by atoms with E-state index in [-0.39, 0.29) is 6.42 Å². The first-order valence-electron chi connectivity index (χ1n) is 2.56. The maximum Gasteiger partial charge on any atom is 0.305 e. The van der Waals surface area contributed by atoms with E-state index in [2.05, 4.69) is 11.8 Å². The molecule has 3 N–H and O–H groups in total. The molecule has 9 heavy (non-hydrogen) atoms. The molecule has 1 atom stereocenters. The Morgan fingerprint density at radius 1 is 1.89 bits per heavy atom. The number of aliphatic carboxylic acids is 1. The van der Waals surface area contributed by atoms with E-state index in [9.17, 15) is 4.79 Å². The molecule has 0 saturated carbocycles. The fraction of sp³-hybridized carbons (Fsp3) is 0.500. The topological polar surface area (TPSA) is 63.3 Å². The Labute approximate surface area is 53.9 Å². The molecule has 50 valence electrons. The molecule has 0 heterocycles. The Hall–Kier alpha value is -1.01. The van der Waals surface area contributed by atoms with Crippen LogP contribution in [0.2, 0.25) is 0 Å². The summed E-state index contributed by atoms with van der Waals surface area (Å²) in [4.78, 5) is 9.94. The maximum atomic E-state index is 9.94. The zero-order valence-corrected chi connectivity index (χ0v) is 5.22. The minimum absolute atomic E-state index is 0.0825. The molecule has 0 spiro atoms. The first-order chi connectivity index (χ1) is 4.16. The van der Waals surface area contributed by atoms with Crippen molar-refractivity contribution in [2.24, 2.45) is 5.73 Å². The highest BCUT2D eigenvalue weighted by Crippen LogP contribution is 1.83. The van der Waals surface area contributed by atoms with Gasteiger partial charge >= 0.3 is 5.97 Å². The van der Waals surface area contributed by atoms with Gasteiger partial charge in [-0.2, -0.15) is 0 Å². The largest absolute Gasteiger partial charge is 0.481 e. The van der Waals surface area contributed by atoms with E-state index < -0.39 is 12.0 Å². The summed E-state index contributed by atoms with van der Waals surface area (Å²) < 4.78 is 0. The van der Waals surface area contributed by atoms with Crippen LogP contribution >= 0.6 is 0 Å². The van der Waals surface area contributed by atoms with Crippen LogP contribution in [-0.4, -0.2) is 17.1 Å². The highest BCUT2D eigenvalue weighted by Gasteiger charge is 2.02. The first kappa shape index (κ1) is 7.99. The van der Waals surface area contributed by atoms with E-state index in [1.54, 1.807) is 6.92 Å². The number of hydrogen-bond acceptors (Lipinski definition) is 2. The number of carboxylic acids is 1. The maximum absolute atomic E-state index is 9.94. The summed E-state index contributed by atoms with van der Waals surface area (Å²) in [7, 11) is 0. The van der Waals surface area contributed by atoms with Crippen LogP contribution in [0.3, 0.4) is 0 Å². The van der Waals surface area contributed by atoms with Crippen LogP contribution in [-0.2, 0) is 4.79 Å². The van der Waals surface area contributed by atoms with Crippen LogP contribution in [0.1, 0.15) is 13.3 Å². The van der Waals surface area contributed by atoms with Gasteiger partial charge in [-0.3, -0.25) is 4.79 Å². The van der Waals surface area contributed by atoms with Gasteiger partial charge in [-0.15, -0.1) is 5.92 Å². The van der Waals surface area contributed by atoms with Crippen molar-refractivity contribution in [2.75, 3.05) is 0 Å². The zero-order valence-electron chi connectivity index (χ0n) is 5.22. The highest BCUT2D eigenvalue weighted by molar-refractivity contribution is 5.68. The third-order valence-electron chi connectivity index (χ3n) is 0.724. The number of carboxylic acid groups (broad SMARTS) is 1. The van der Waals surface area contributed by atoms with Gasteiger partial charge in [0, 0.05) is 0 Å². The molecule has 0 bridgehead atoms. The molecule has 0 aliphatic rings. The molecule has 0 aromatic rings. The lowest BCUT2D eigenvalue weighted by Gasteiger charge is -1.95. The van der Waals surface area contributed by atoms with Crippen molar-refractivity contribution in [3.63, 3.8) is 0 Å². The fourth-order valence-electron chi connectivity index (χ4n) is 0.425. The Kier molecular flexibility index (Phi) is 3.49. The molecule has 3 heteroatoms. The summed E-state index contributed by atoms with van der Waals surface area (Å²) in [6, 6.07) is -0.521. The predicted octanol–water partition coefficient (Wildman–Crippen LogP) is -0.188. The third-order valence-corrected chi connectivity index (χ3v) is 0.724. The Morgan fingerprint density at radius 3 is 2.78 bits per heavy atom. The van der Waals surface area contributed by atoms with Crippen LogP contribution in [0.5, 0.6) is 0 Å². The van der Waals surface area contributed by atoms with Gasteiger partial charge in [0.1, 0.15) is 0 Å². The number of carbonyl (C=O) groups is 1. The number of hydrogen-bond donors (Lipinski definition) is 2. The van der Waals surface area contributed by atoms with Crippen molar-refractivity contribution < 1.29 is 9.90 Å². The fourth-order valence-corrected chi connectivity index (χ4v) is 0.425. The van der Waals surface area contributed by atoms with Crippen LogP contribution in [0.4, 0.5) is 0 Å². The van der Waals surface area contributed by atoms with Crippen LogP contribution < -0.4 is 5.73 Å². The Morgan fingerprint density at radius 2 is 2.44 bits per heavy atom. The van der Waals surface area contributed by atoms with E-state index in [0.717, 1.165) is 0 Å². The van der Waals surface area contributed by atoms with Gasteiger partial charge in [0.25, 0.3) is 0 Å². The summed E-state index contributed by atoms with van der Waals surface area (Å²) in [5.74, 6) is 4.15. The molecule has 0 aliphatic heterocycles. The molecule has 0 rings (SSSR count). The molecule has 0 saturated heterocycles. The molecule has 3 nitrogen and oxygen atoms in total. The van der Waals surface area contributed by atoms with Gasteiger partial charge in [0.05, 0.1) is 12.5 Å². The van der Waals surface area contributed by atoms with E-state index in [0.29, 0.717) is 0 Å². The van der Waals surface area contributed by atoms with E-state index in [4.69, 9.17) is 10.8 Å². The van der Waals surface area contributed by atoms with Gasteiger partial charge in [-0.05, 0) is 6.92 Å². The summed E-state index contributed by atoms with van der Waals surface area (Å²) in [6.45, 7) is 1.63. The third kappa shape index (κ3) is 4.85. The normalized spacial score (nSPS) is 11.3. The van der Waals surface area contributed by atoms with Crippen LogP contribution in [0, 0.1) is 11.8 Å². The average molecular weight is 127 g/mol. The van der Waals surface area contributed by atoms with Crippen LogP contribution in [0.25, 0.3) is 0 Å². The smallest absolute Gasteiger partial charge is 0.305 e. The second-order valence-electron chi connectivity index (χ2n) is 1.60. The lowest BCUT2D eigenvalue weighted by Crippen LogP contribution is -2.21. The van der Waals surface area contributed by atoms with Crippen molar-refractivity contribution >= 4 is 5.97 Å². The average Bonchev–Trinajstić information content (AvgIpc) is 1.63. The lowest BCUT2D eigenvalue weighted by molar-refractivity contribution is -0.137. The van der Waals surface area contributed by atoms with Gasteiger partial charge in [-0.1, -0.05) is 5.92 Å². The van der Waals surface area contributed by atoms with E-state index >= 15 is 0 Å². The van der Waals surface area contributed by atoms with Crippen molar-refractivity contribution in [1.29, 1.82) is 0 Å². The standard InChI is InChI=1S/C6H9NO2/c1-2-3-5(7)4-6(8)9/h5H,4,7H2,1H3,(H,8,9). The molecular formula is C6H9NO2. The first-order valence-corrected chi connectivity index (χ1v) is 2.56. The SMILES string of the molecule is CC#CC(N)CC(=O)O. The number of rotatable bonds is 2. The number of nitrogens with two attached hydrogens (primary N) is 1. The predicted molar refractivity (Wildman–Crippen MR) is 33.7 cm³/mol. The van der Waals surface area contributed by atoms with Gasteiger partial charge in [-0.25, -0.2) is 0 Å². The summed E-state index contributed by atoms with van der Waals surface area (Å²) in [6.07, 6.45) is -0.0825. The van der Waals surface area contributed by atoms with Crippen LogP contribution in [0.15, 0.2) is 0 Å². The minimum atomic E-state index is -0.912. The minimum Gasteiger partial charge on any atom is -0.481 e. The molecule has 0 aromatic heterocycles. The second kappa shape index (κ2) is 3.93. The monoisotopic (exact) mass is 127 g/mol. The van der Waals surface area contributed by atoms with Crippen molar-refractivity contribution in [1.82, 2.24) is 0 Å². The quantitative estimate of drug-likeness (QED) is 0.505. The molecule has 0 radical (unpaired) electrons. The van der Waals surface area contributed by atoms with Gasteiger partial charge < -0.3 is 10.8 Å². The Balaban J connectivity index is 3.59. The molecular weight excluding hydrogens is 118 g/mol. The molecule has 1 unspecified atom stereocenters. The van der Waals surface area contributed by atoms with E-state index in [1.165, 1.54) is 0 Å². The molecule has 0 fully saturated rings. The van der Waals surface area contributed by atoms with Crippen molar-refractivity contribution in [3.8, 4) is 11.8 Å². The van der Waals surface area contributed by atoms with Crippen molar-refractivity contribution in [3.05, 3.63) is 0 Å². The summed E-state index contributed by atoms with van der Waals surface area (Å²) >= 11 is 0. The summed E-state index contributed by atoms with van der Waals surface area (Å²) in [5, 5.41) is 8.16. The molecule has 0 aromatic carbocycles. The molecule has 0 amide bonds. The zero-order chi connectivity index (χ0) is 7.28. The van der Waals surface area contributed by atoms with Gasteiger partial charge in [0.2, 0.25) is 0 Å². The van der Waals surface area contributed by atoms with E-state index in [1.807, 2.05) is 0 Å². The summed E-state index contributed by atoms with van der Waals surface area (Å²) in [5.41, 5.74) is 5.23. The lowest BCUT2D eigenvalue weighted by atomic mass is 10.2. The highest BCUT2D eigenvalue weighted by atomic mass is 16.4. The molecule has 0 aliphatic carbocycles.